The summed E-state index contributed by atoms with van der Waals surface area (Å²) in [6.45, 7) is 9.84. The van der Waals surface area contributed by atoms with Crippen LogP contribution in [0.5, 0.6) is 0 Å². The first-order chi connectivity index (χ1) is 14.0. The fourth-order valence-electron chi connectivity index (χ4n) is 3.68. The maximum Gasteiger partial charge on any atom is 0.325 e. The molecule has 1 saturated heterocycles. The highest BCUT2D eigenvalue weighted by atomic mass is 32.1. The molecule has 2 aromatic heterocycles. The lowest BCUT2D eigenvalue weighted by molar-refractivity contribution is -0.131. The predicted molar refractivity (Wildman–Crippen MR) is 116 cm³/mol. The van der Waals surface area contributed by atoms with Gasteiger partial charge in [0.2, 0.25) is 0 Å². The second-order valence-electron chi connectivity index (χ2n) is 8.85. The Morgan fingerprint density at radius 2 is 1.80 bits per heavy atom. The smallest absolute Gasteiger partial charge is 0.319 e. The zero-order valence-electron chi connectivity index (χ0n) is 17.6. The van der Waals surface area contributed by atoms with Crippen molar-refractivity contribution in [1.29, 1.82) is 0 Å². The van der Waals surface area contributed by atoms with Crippen LogP contribution in [0.25, 0.3) is 4.96 Å². The van der Waals surface area contributed by atoms with Gasteiger partial charge in [-0.05, 0) is 30.4 Å². The summed E-state index contributed by atoms with van der Waals surface area (Å²) in [7, 11) is 0. The first-order valence-electron chi connectivity index (χ1n) is 9.72. The van der Waals surface area contributed by atoms with E-state index in [1.807, 2.05) is 36.6 Å². The highest BCUT2D eigenvalue weighted by Crippen LogP contribution is 2.31. The van der Waals surface area contributed by atoms with Gasteiger partial charge in [0.25, 0.3) is 11.5 Å². The fourth-order valence-corrected chi connectivity index (χ4v) is 4.57. The maximum atomic E-state index is 13.2. The van der Waals surface area contributed by atoms with Crippen LogP contribution >= 0.6 is 11.3 Å². The molecule has 1 N–H and O–H groups in total. The van der Waals surface area contributed by atoms with Crippen molar-refractivity contribution in [1.82, 2.24) is 19.6 Å². The second-order valence-corrected chi connectivity index (χ2v) is 9.69. The van der Waals surface area contributed by atoms with Gasteiger partial charge in [-0.1, -0.05) is 45.0 Å². The number of hydrogen-bond acceptors (Lipinski definition) is 5. The fraction of sp³-hybridized carbons (Fsp3) is 0.364. The molecule has 1 fully saturated rings. The molecule has 156 valence electrons. The summed E-state index contributed by atoms with van der Waals surface area (Å²) in [5, 5.41) is 4.66. The molecule has 0 radical (unpaired) electrons. The summed E-state index contributed by atoms with van der Waals surface area (Å²) in [5.74, 6) is -0.361. The number of nitrogens with zero attached hydrogens (tertiary/aromatic N) is 3. The number of aryl methyl sites for hydroxylation is 1. The highest BCUT2D eigenvalue weighted by molar-refractivity contribution is 7.15. The van der Waals surface area contributed by atoms with Gasteiger partial charge in [-0.25, -0.2) is 9.78 Å². The van der Waals surface area contributed by atoms with Gasteiger partial charge in [0.15, 0.2) is 4.96 Å². The van der Waals surface area contributed by atoms with Crippen molar-refractivity contribution in [3.8, 4) is 0 Å². The van der Waals surface area contributed by atoms with Gasteiger partial charge in [0, 0.05) is 17.1 Å². The molecule has 0 bridgehead atoms. The molecule has 0 aliphatic carbocycles. The standard InChI is InChI=1S/C22H24N4O3S/c1-13-12-30-20-23-16(10-17(27)26(13)20)11-25-18(28)22(5,24-19(25)29)15-8-6-14(7-9-15)21(2,3)4/h6-10,12H,11H2,1-5H3,(H,24,29). The summed E-state index contributed by atoms with van der Waals surface area (Å²) in [6.07, 6.45) is 0. The molecule has 3 amide bonds. The van der Waals surface area contributed by atoms with Crippen LogP contribution in [0.15, 0.2) is 40.5 Å². The molecular weight excluding hydrogens is 400 g/mol. The van der Waals surface area contributed by atoms with Crippen molar-refractivity contribution in [2.45, 2.75) is 52.1 Å². The molecule has 1 aliphatic heterocycles. The van der Waals surface area contributed by atoms with E-state index >= 15 is 0 Å². The summed E-state index contributed by atoms with van der Waals surface area (Å²) in [4.78, 5) is 44.4. The third-order valence-electron chi connectivity index (χ3n) is 5.55. The number of urea groups is 1. The molecule has 0 spiro atoms. The molecule has 8 heteroatoms. The number of rotatable bonds is 3. The molecule has 4 rings (SSSR count). The molecule has 0 saturated carbocycles. The van der Waals surface area contributed by atoms with Gasteiger partial charge in [-0.2, -0.15) is 0 Å². The molecule has 7 nitrogen and oxygen atoms in total. The molecule has 1 unspecified atom stereocenters. The third kappa shape index (κ3) is 3.21. The average molecular weight is 425 g/mol. The number of carbonyl (C=O) groups is 2. The number of aromatic nitrogens is 2. The highest BCUT2D eigenvalue weighted by Gasteiger charge is 2.49. The lowest BCUT2D eigenvalue weighted by Crippen LogP contribution is -2.41. The summed E-state index contributed by atoms with van der Waals surface area (Å²) < 4.78 is 1.51. The molecule has 3 heterocycles. The quantitative estimate of drug-likeness (QED) is 0.654. The number of thiazole rings is 1. The van der Waals surface area contributed by atoms with E-state index in [0.29, 0.717) is 16.2 Å². The first-order valence-corrected chi connectivity index (χ1v) is 10.6. The van der Waals surface area contributed by atoms with Crippen molar-refractivity contribution in [3.63, 3.8) is 0 Å². The Morgan fingerprint density at radius 3 is 2.43 bits per heavy atom. The van der Waals surface area contributed by atoms with E-state index < -0.39 is 11.6 Å². The van der Waals surface area contributed by atoms with Crippen LogP contribution in [-0.4, -0.2) is 26.2 Å². The normalized spacial score (nSPS) is 19.6. The molecule has 1 aromatic carbocycles. The van der Waals surface area contributed by atoms with Crippen molar-refractivity contribution in [2.24, 2.45) is 0 Å². The number of benzene rings is 1. The van der Waals surface area contributed by atoms with Gasteiger partial charge >= 0.3 is 6.03 Å². The van der Waals surface area contributed by atoms with E-state index in [4.69, 9.17) is 0 Å². The third-order valence-corrected chi connectivity index (χ3v) is 6.50. The molecule has 1 aliphatic rings. The van der Waals surface area contributed by atoms with Crippen molar-refractivity contribution < 1.29 is 9.59 Å². The van der Waals surface area contributed by atoms with E-state index in [0.717, 1.165) is 16.2 Å². The van der Waals surface area contributed by atoms with Crippen molar-refractivity contribution in [2.75, 3.05) is 0 Å². The molecule has 1 atom stereocenters. The van der Waals surface area contributed by atoms with Crippen LogP contribution in [0.2, 0.25) is 0 Å². The number of imide groups is 1. The van der Waals surface area contributed by atoms with Crippen LogP contribution in [0.1, 0.15) is 50.2 Å². The minimum absolute atomic E-state index is 0.00703. The SMILES string of the molecule is Cc1csc2nc(CN3C(=O)NC(C)(c4ccc(C(C)(C)C)cc4)C3=O)cc(=O)n12. The second kappa shape index (κ2) is 6.77. The zero-order chi connectivity index (χ0) is 21.8. The number of nitrogens with one attached hydrogen (secondary N) is 1. The van der Waals surface area contributed by atoms with Gasteiger partial charge in [-0.15, -0.1) is 11.3 Å². The van der Waals surface area contributed by atoms with E-state index in [9.17, 15) is 14.4 Å². The number of fused-ring (bicyclic) bond motifs is 1. The largest absolute Gasteiger partial charge is 0.325 e. The van der Waals surface area contributed by atoms with Gasteiger partial charge in [-0.3, -0.25) is 18.9 Å². The Morgan fingerprint density at radius 1 is 1.13 bits per heavy atom. The van der Waals surface area contributed by atoms with Crippen LogP contribution < -0.4 is 10.9 Å². The van der Waals surface area contributed by atoms with Crippen molar-refractivity contribution >= 4 is 28.2 Å². The minimum atomic E-state index is -1.16. The van der Waals surface area contributed by atoms with Crippen LogP contribution in [0.3, 0.4) is 0 Å². The first kappa shape index (κ1) is 20.3. The monoisotopic (exact) mass is 424 g/mol. The maximum absolute atomic E-state index is 13.2. The molecule has 30 heavy (non-hydrogen) atoms. The van der Waals surface area contributed by atoms with Crippen molar-refractivity contribution in [3.05, 3.63) is 68.6 Å². The molecule has 3 aromatic rings. The summed E-state index contributed by atoms with van der Waals surface area (Å²) >= 11 is 1.35. The Labute approximate surface area is 178 Å². The van der Waals surface area contributed by atoms with Crippen LogP contribution in [-0.2, 0) is 22.3 Å². The van der Waals surface area contributed by atoms with E-state index in [-0.39, 0.29) is 23.4 Å². The number of amides is 3. The zero-order valence-corrected chi connectivity index (χ0v) is 18.5. The number of hydrogen-bond donors (Lipinski definition) is 1. The van der Waals surface area contributed by atoms with Gasteiger partial charge in [0.05, 0.1) is 12.2 Å². The molecular formula is C22H24N4O3S. The summed E-state index contributed by atoms with van der Waals surface area (Å²) in [6, 6.07) is 8.62. The van der Waals surface area contributed by atoms with Crippen LogP contribution in [0, 0.1) is 6.92 Å². The van der Waals surface area contributed by atoms with E-state index in [1.54, 1.807) is 6.92 Å². The lowest BCUT2D eigenvalue weighted by Gasteiger charge is -2.24. The van der Waals surface area contributed by atoms with E-state index in [2.05, 4.69) is 31.1 Å². The topological polar surface area (TPSA) is 83.8 Å². The Hall–Kier alpha value is -3.00. The lowest BCUT2D eigenvalue weighted by atomic mass is 9.84. The van der Waals surface area contributed by atoms with Gasteiger partial charge in [0.1, 0.15) is 5.54 Å². The average Bonchev–Trinajstić information content (AvgIpc) is 3.15. The van der Waals surface area contributed by atoms with Gasteiger partial charge < -0.3 is 5.32 Å². The minimum Gasteiger partial charge on any atom is -0.319 e. The summed E-state index contributed by atoms with van der Waals surface area (Å²) in [5.41, 5.74) is 1.67. The number of carbonyl (C=O) groups excluding carboxylic acids is 2. The Balaban J connectivity index is 1.63. The Kier molecular flexibility index (Phi) is 4.58. The Bertz CT molecular complexity index is 1220. The van der Waals surface area contributed by atoms with E-state index in [1.165, 1.54) is 21.8 Å². The van der Waals surface area contributed by atoms with Crippen LogP contribution in [0.4, 0.5) is 4.79 Å². The predicted octanol–water partition coefficient (Wildman–Crippen LogP) is 3.33.